The number of unbranched alkanes of at least 4 members (excludes halogenated alkanes) is 3. The molecule has 0 radical (unpaired) electrons. The monoisotopic (exact) mass is 618 g/mol. The number of thiazole rings is 1. The van der Waals surface area contributed by atoms with Crippen molar-refractivity contribution in [2.45, 2.75) is 89.5 Å². The fraction of sp³-hybridized carbons (Fsp3) is 0.567. The molecule has 1 aliphatic heterocycles. The second kappa shape index (κ2) is 13.7. The van der Waals surface area contributed by atoms with Crippen LogP contribution >= 0.6 is 11.3 Å². The zero-order valence-electron chi connectivity index (χ0n) is 24.6. The first-order chi connectivity index (χ1) is 20.3. The Bertz CT molecular complexity index is 1370. The molecule has 2 fully saturated rings. The molecule has 234 valence electrons. The third-order valence-corrected chi connectivity index (χ3v) is 8.27. The summed E-state index contributed by atoms with van der Waals surface area (Å²) in [4.78, 5) is 55.4. The van der Waals surface area contributed by atoms with Gasteiger partial charge in [-0.3, -0.25) is 14.4 Å². The van der Waals surface area contributed by atoms with Gasteiger partial charge in [0.2, 0.25) is 11.8 Å². The van der Waals surface area contributed by atoms with Crippen molar-refractivity contribution in [3.05, 3.63) is 36.2 Å². The second-order valence-corrected chi connectivity index (χ2v) is 13.1. The van der Waals surface area contributed by atoms with Crippen LogP contribution in [0.2, 0.25) is 0 Å². The van der Waals surface area contributed by atoms with Crippen LogP contribution in [-0.4, -0.2) is 69.2 Å². The lowest BCUT2D eigenvalue weighted by Crippen LogP contribution is -2.53. The SMILES string of the molecule is CC(C)(C)OC(=O)N[C@@H](CCCCC/C=C\[C@@H]1C[C@@H]1C(=O)O)C(=O)N1C[C@H](Oc2nc3ccc(F)cc3s2)C[C@H]1C(N)=O. The van der Waals surface area contributed by atoms with Crippen LogP contribution in [0.1, 0.15) is 65.7 Å². The van der Waals surface area contributed by atoms with Gasteiger partial charge in [-0.1, -0.05) is 36.3 Å². The predicted molar refractivity (Wildman–Crippen MR) is 158 cm³/mol. The van der Waals surface area contributed by atoms with Gasteiger partial charge in [0.25, 0.3) is 5.19 Å². The molecule has 1 aromatic heterocycles. The number of carbonyl (C=O) groups is 4. The van der Waals surface area contributed by atoms with Gasteiger partial charge in [0, 0.05) is 6.42 Å². The van der Waals surface area contributed by atoms with Crippen LogP contribution in [0.3, 0.4) is 0 Å². The van der Waals surface area contributed by atoms with Gasteiger partial charge in [-0.2, -0.15) is 0 Å². The van der Waals surface area contributed by atoms with E-state index in [1.54, 1.807) is 26.8 Å². The topological polar surface area (TPSA) is 161 Å². The van der Waals surface area contributed by atoms with E-state index in [4.69, 9.17) is 20.3 Å². The quantitative estimate of drug-likeness (QED) is 0.220. The number of aliphatic carboxylic acids is 1. The summed E-state index contributed by atoms with van der Waals surface area (Å²) >= 11 is 1.17. The second-order valence-electron chi connectivity index (χ2n) is 12.1. The number of ether oxygens (including phenoxy) is 2. The Hall–Kier alpha value is -3.74. The highest BCUT2D eigenvalue weighted by atomic mass is 32.1. The molecule has 1 saturated carbocycles. The summed E-state index contributed by atoms with van der Waals surface area (Å²) < 4.78 is 25.6. The molecular weight excluding hydrogens is 579 g/mol. The van der Waals surface area contributed by atoms with Crippen molar-refractivity contribution in [1.82, 2.24) is 15.2 Å². The number of amides is 3. The number of primary amides is 1. The molecule has 4 rings (SSSR count). The molecular formula is C30H39FN4O7S. The highest BCUT2D eigenvalue weighted by molar-refractivity contribution is 7.20. The van der Waals surface area contributed by atoms with E-state index in [0.717, 1.165) is 19.3 Å². The summed E-state index contributed by atoms with van der Waals surface area (Å²) in [5, 5.41) is 12.0. The minimum Gasteiger partial charge on any atom is -0.481 e. The number of nitrogens with one attached hydrogen (secondary N) is 1. The first kappa shape index (κ1) is 32.2. The molecule has 2 aliphatic rings. The van der Waals surface area contributed by atoms with Gasteiger partial charge >= 0.3 is 12.1 Å². The number of halogens is 1. The maximum absolute atomic E-state index is 13.8. The van der Waals surface area contributed by atoms with Gasteiger partial charge in [0.05, 0.1) is 22.7 Å². The van der Waals surface area contributed by atoms with Crippen LogP contribution in [0.25, 0.3) is 10.2 Å². The lowest BCUT2D eigenvalue weighted by molar-refractivity contribution is -0.139. The van der Waals surface area contributed by atoms with E-state index in [2.05, 4.69) is 10.3 Å². The van der Waals surface area contributed by atoms with Crippen LogP contribution in [0.5, 0.6) is 5.19 Å². The number of nitrogens with zero attached hydrogens (tertiary/aromatic N) is 2. The molecule has 1 saturated heterocycles. The molecule has 11 nitrogen and oxygen atoms in total. The summed E-state index contributed by atoms with van der Waals surface area (Å²) in [6.07, 6.45) is 6.82. The van der Waals surface area contributed by atoms with E-state index in [-0.39, 0.29) is 30.6 Å². The summed E-state index contributed by atoms with van der Waals surface area (Å²) in [5.41, 5.74) is 5.48. The third kappa shape index (κ3) is 9.12. The number of hydrogen-bond donors (Lipinski definition) is 3. The van der Waals surface area contributed by atoms with E-state index >= 15 is 0 Å². The maximum Gasteiger partial charge on any atom is 0.408 e. The Kier molecular flexibility index (Phi) is 10.3. The maximum atomic E-state index is 13.8. The first-order valence-electron chi connectivity index (χ1n) is 14.5. The zero-order chi connectivity index (χ0) is 31.3. The highest BCUT2D eigenvalue weighted by Gasteiger charge is 2.43. The molecule has 2 aromatic rings. The Morgan fingerprint density at radius 2 is 2.00 bits per heavy atom. The van der Waals surface area contributed by atoms with Crippen LogP contribution in [0.15, 0.2) is 30.4 Å². The fourth-order valence-corrected chi connectivity index (χ4v) is 6.05. The zero-order valence-corrected chi connectivity index (χ0v) is 25.4. The lowest BCUT2D eigenvalue weighted by atomic mass is 10.0. The first-order valence-corrected chi connectivity index (χ1v) is 15.3. The molecule has 1 aliphatic carbocycles. The van der Waals surface area contributed by atoms with Crippen molar-refractivity contribution in [2.24, 2.45) is 17.6 Å². The van der Waals surface area contributed by atoms with Gasteiger partial charge in [-0.25, -0.2) is 14.2 Å². The van der Waals surface area contributed by atoms with Gasteiger partial charge < -0.3 is 30.5 Å². The van der Waals surface area contributed by atoms with E-state index in [1.165, 1.54) is 28.4 Å². The number of likely N-dealkylation sites (tertiary alicyclic amines) is 1. The van der Waals surface area contributed by atoms with Crippen molar-refractivity contribution in [2.75, 3.05) is 6.54 Å². The fourth-order valence-electron chi connectivity index (χ4n) is 5.14. The Labute approximate surface area is 253 Å². The number of allylic oxidation sites excluding steroid dienone is 2. The van der Waals surface area contributed by atoms with Crippen LogP contribution in [0, 0.1) is 17.7 Å². The Morgan fingerprint density at radius 1 is 1.23 bits per heavy atom. The summed E-state index contributed by atoms with van der Waals surface area (Å²) in [7, 11) is 0. The van der Waals surface area contributed by atoms with Gasteiger partial charge in [-0.15, -0.1) is 0 Å². The average molecular weight is 619 g/mol. The molecule has 1 aromatic carbocycles. The molecule has 43 heavy (non-hydrogen) atoms. The predicted octanol–water partition coefficient (Wildman–Crippen LogP) is 4.39. The van der Waals surface area contributed by atoms with E-state index in [9.17, 15) is 23.6 Å². The Morgan fingerprint density at radius 3 is 2.67 bits per heavy atom. The van der Waals surface area contributed by atoms with Crippen molar-refractivity contribution in [3.63, 3.8) is 0 Å². The molecule has 0 unspecified atom stereocenters. The molecule has 5 atom stereocenters. The van der Waals surface area contributed by atoms with Gasteiger partial charge in [0.1, 0.15) is 29.6 Å². The lowest BCUT2D eigenvalue weighted by Gasteiger charge is -2.28. The number of carboxylic acid groups (broad SMARTS) is 1. The summed E-state index contributed by atoms with van der Waals surface area (Å²) in [6.45, 7) is 5.23. The standard InChI is InChI=1S/C30H39FN4O7S/c1-30(2,3)42-28(40)33-22(10-8-6-4-5-7-9-17-13-20(17)27(38)39)26(37)35-16-19(15-23(35)25(32)36)41-29-34-21-12-11-18(31)14-24(21)43-29/h7,9,11-12,14,17,19-20,22-23H,4-6,8,10,13,15-16H2,1-3H3,(H2,32,36)(H,33,40)(H,38,39)/b9-7-/t17-,19-,20+,22+,23+/m1/s1. The molecule has 0 bridgehead atoms. The molecule has 0 spiro atoms. The number of carbonyl (C=O) groups excluding carboxylic acids is 3. The van der Waals surface area contributed by atoms with Gasteiger partial charge in [0.15, 0.2) is 0 Å². The number of fused-ring (bicyclic) bond motifs is 1. The molecule has 13 heteroatoms. The smallest absolute Gasteiger partial charge is 0.408 e. The van der Waals surface area contributed by atoms with Gasteiger partial charge in [-0.05, 0) is 70.6 Å². The van der Waals surface area contributed by atoms with Crippen molar-refractivity contribution in [3.8, 4) is 5.19 Å². The number of alkyl carbamates (subject to hydrolysis) is 1. The molecule has 4 N–H and O–H groups in total. The number of rotatable bonds is 13. The summed E-state index contributed by atoms with van der Waals surface area (Å²) in [5.74, 6) is -2.45. The van der Waals surface area contributed by atoms with Crippen LogP contribution in [-0.2, 0) is 19.1 Å². The number of nitrogens with two attached hydrogens (primary N) is 1. The van der Waals surface area contributed by atoms with E-state index < -0.39 is 47.7 Å². The van der Waals surface area contributed by atoms with Crippen LogP contribution < -0.4 is 15.8 Å². The van der Waals surface area contributed by atoms with E-state index in [1.807, 2.05) is 12.2 Å². The van der Waals surface area contributed by atoms with Crippen LogP contribution in [0.4, 0.5) is 9.18 Å². The molecule has 2 heterocycles. The molecule has 3 amide bonds. The number of benzene rings is 1. The average Bonchev–Trinajstić information content (AvgIpc) is 3.39. The van der Waals surface area contributed by atoms with Crippen molar-refractivity contribution < 1.29 is 38.1 Å². The van der Waals surface area contributed by atoms with E-state index in [0.29, 0.717) is 34.7 Å². The minimum absolute atomic E-state index is 0.0620. The van der Waals surface area contributed by atoms with Crippen molar-refractivity contribution >= 4 is 45.4 Å². The minimum atomic E-state index is -0.945. The third-order valence-electron chi connectivity index (χ3n) is 7.37. The normalized spacial score (nSPS) is 22.5. The number of carboxylic acids is 1. The number of hydrogen-bond acceptors (Lipinski definition) is 8. The number of aromatic nitrogens is 1. The largest absolute Gasteiger partial charge is 0.481 e. The highest BCUT2D eigenvalue weighted by Crippen LogP contribution is 2.39. The Balaban J connectivity index is 1.36. The summed E-state index contributed by atoms with van der Waals surface area (Å²) in [6, 6.07) is 2.34. The van der Waals surface area contributed by atoms with Crippen molar-refractivity contribution in [1.29, 1.82) is 0 Å².